The summed E-state index contributed by atoms with van der Waals surface area (Å²) in [6.45, 7) is 6.46. The summed E-state index contributed by atoms with van der Waals surface area (Å²) in [5.41, 5.74) is 3.78. The van der Waals surface area contributed by atoms with Crippen LogP contribution in [-0.2, 0) is 24.2 Å². The summed E-state index contributed by atoms with van der Waals surface area (Å²) in [6, 6.07) is 3.94. The number of aromatic amines is 1. The lowest BCUT2D eigenvalue weighted by atomic mass is 10.2. The van der Waals surface area contributed by atoms with E-state index in [0.717, 1.165) is 35.6 Å². The molecule has 8 heteroatoms. The number of carbonyl (C=O) groups is 1. The molecule has 0 aromatic carbocycles. The van der Waals surface area contributed by atoms with Crippen molar-refractivity contribution in [2.24, 2.45) is 0 Å². The highest BCUT2D eigenvalue weighted by Gasteiger charge is 2.16. The molecule has 0 saturated carbocycles. The van der Waals surface area contributed by atoms with Crippen molar-refractivity contribution in [3.8, 4) is 0 Å². The van der Waals surface area contributed by atoms with Gasteiger partial charge in [-0.1, -0.05) is 13.3 Å². The summed E-state index contributed by atoms with van der Waals surface area (Å²) in [6.07, 6.45) is 2.13. The zero-order valence-corrected chi connectivity index (χ0v) is 15.1. The minimum atomic E-state index is -0.0445. The van der Waals surface area contributed by atoms with Crippen LogP contribution in [0.4, 0.5) is 0 Å². The molecule has 0 aliphatic carbocycles. The van der Waals surface area contributed by atoms with Crippen LogP contribution in [0.5, 0.6) is 0 Å². The Labute approximate surface area is 146 Å². The Morgan fingerprint density at radius 3 is 2.84 bits per heavy atom. The quantitative estimate of drug-likeness (QED) is 0.735. The Kier molecular flexibility index (Phi) is 4.78. The van der Waals surface area contributed by atoms with E-state index in [-0.39, 0.29) is 12.3 Å². The number of likely N-dealkylation sites (N-methyl/N-ethyl adjacent to an activating group) is 1. The van der Waals surface area contributed by atoms with Crippen LogP contribution >= 0.6 is 0 Å². The van der Waals surface area contributed by atoms with Crippen molar-refractivity contribution in [3.63, 3.8) is 0 Å². The van der Waals surface area contributed by atoms with E-state index >= 15 is 0 Å². The molecule has 0 fully saturated rings. The van der Waals surface area contributed by atoms with Crippen molar-refractivity contribution < 1.29 is 4.79 Å². The van der Waals surface area contributed by atoms with Gasteiger partial charge < -0.3 is 4.90 Å². The van der Waals surface area contributed by atoms with Crippen molar-refractivity contribution in [1.29, 1.82) is 0 Å². The predicted octanol–water partition coefficient (Wildman–Crippen LogP) is 1.62. The highest BCUT2D eigenvalue weighted by atomic mass is 16.2. The van der Waals surface area contributed by atoms with Crippen molar-refractivity contribution in [1.82, 2.24) is 34.7 Å². The first-order chi connectivity index (χ1) is 12.0. The number of carbonyl (C=O) groups excluding carboxylic acids is 1. The molecule has 3 rings (SSSR count). The second-order valence-electron chi connectivity index (χ2n) is 6.34. The van der Waals surface area contributed by atoms with E-state index in [1.807, 2.05) is 26.0 Å². The predicted molar refractivity (Wildman–Crippen MR) is 93.0 cm³/mol. The first kappa shape index (κ1) is 17.1. The Hall–Kier alpha value is -2.77. The molecule has 0 radical (unpaired) electrons. The van der Waals surface area contributed by atoms with Gasteiger partial charge in [0.2, 0.25) is 5.91 Å². The van der Waals surface area contributed by atoms with Crippen LogP contribution in [0, 0.1) is 13.8 Å². The van der Waals surface area contributed by atoms with Crippen molar-refractivity contribution in [3.05, 3.63) is 40.7 Å². The van der Waals surface area contributed by atoms with Gasteiger partial charge in [0.15, 0.2) is 5.82 Å². The maximum atomic E-state index is 12.5. The van der Waals surface area contributed by atoms with Crippen LogP contribution in [0.15, 0.2) is 12.1 Å². The van der Waals surface area contributed by atoms with E-state index in [2.05, 4.69) is 32.2 Å². The smallest absolute Gasteiger partial charge is 0.252 e. The number of rotatable bonds is 6. The second kappa shape index (κ2) is 7.00. The molecule has 25 heavy (non-hydrogen) atoms. The lowest BCUT2D eigenvalue weighted by Crippen LogP contribution is -2.28. The van der Waals surface area contributed by atoms with E-state index in [1.165, 1.54) is 0 Å². The molecule has 8 nitrogen and oxygen atoms in total. The molecule has 0 saturated heterocycles. The molecule has 0 bridgehead atoms. The second-order valence-corrected chi connectivity index (χ2v) is 6.34. The number of H-pyrrole nitrogens is 1. The molecule has 3 aromatic heterocycles. The molecule has 1 N–H and O–H groups in total. The third kappa shape index (κ3) is 3.84. The highest BCUT2D eigenvalue weighted by molar-refractivity contribution is 5.77. The van der Waals surface area contributed by atoms with E-state index in [0.29, 0.717) is 18.1 Å². The van der Waals surface area contributed by atoms with Gasteiger partial charge in [-0.2, -0.15) is 10.1 Å². The Morgan fingerprint density at radius 2 is 2.08 bits per heavy atom. The van der Waals surface area contributed by atoms with Crippen molar-refractivity contribution in [2.75, 3.05) is 7.05 Å². The summed E-state index contributed by atoms with van der Waals surface area (Å²) in [4.78, 5) is 22.8. The minimum absolute atomic E-state index is 0.0445. The lowest BCUT2D eigenvalue weighted by molar-refractivity contribution is -0.129. The number of hydrogen-bond acceptors (Lipinski definition) is 5. The maximum absolute atomic E-state index is 12.5. The van der Waals surface area contributed by atoms with Gasteiger partial charge in [-0.15, -0.1) is 5.10 Å². The van der Waals surface area contributed by atoms with E-state index < -0.39 is 0 Å². The van der Waals surface area contributed by atoms with Gasteiger partial charge in [0.25, 0.3) is 5.78 Å². The van der Waals surface area contributed by atoms with Crippen LogP contribution < -0.4 is 0 Å². The van der Waals surface area contributed by atoms with Crippen LogP contribution in [0.2, 0.25) is 0 Å². The van der Waals surface area contributed by atoms with Crippen LogP contribution in [0.25, 0.3) is 5.78 Å². The first-order valence-electron chi connectivity index (χ1n) is 8.43. The van der Waals surface area contributed by atoms with Gasteiger partial charge in [-0.05, 0) is 32.4 Å². The number of nitrogens with one attached hydrogen (secondary N) is 1. The number of fused-ring (bicyclic) bond motifs is 1. The summed E-state index contributed by atoms with van der Waals surface area (Å²) in [5, 5.41) is 11.6. The minimum Gasteiger partial charge on any atom is -0.339 e. The van der Waals surface area contributed by atoms with Crippen LogP contribution in [0.3, 0.4) is 0 Å². The molecule has 3 heterocycles. The SMILES string of the molecule is CCCc1cc(CN(C)C(=O)Cc2nc3nc(C)cc(C)n3n2)[nH]n1. The third-order valence-corrected chi connectivity index (χ3v) is 3.99. The summed E-state index contributed by atoms with van der Waals surface area (Å²) in [5.74, 6) is 0.965. The Balaban J connectivity index is 1.67. The Bertz CT molecular complexity index is 896. The fourth-order valence-electron chi connectivity index (χ4n) is 2.77. The fraction of sp³-hybridized carbons (Fsp3) is 0.471. The monoisotopic (exact) mass is 341 g/mol. The maximum Gasteiger partial charge on any atom is 0.252 e. The molecule has 0 aliphatic heterocycles. The van der Waals surface area contributed by atoms with Gasteiger partial charge >= 0.3 is 0 Å². The van der Waals surface area contributed by atoms with Crippen molar-refractivity contribution in [2.45, 2.75) is 46.6 Å². The van der Waals surface area contributed by atoms with Gasteiger partial charge in [0, 0.05) is 18.4 Å². The lowest BCUT2D eigenvalue weighted by Gasteiger charge is -2.14. The number of nitrogens with zero attached hydrogens (tertiary/aromatic N) is 6. The first-order valence-corrected chi connectivity index (χ1v) is 8.43. The molecule has 3 aromatic rings. The number of hydrogen-bond donors (Lipinski definition) is 1. The molecule has 0 atom stereocenters. The zero-order chi connectivity index (χ0) is 18.0. The standard InChI is InChI=1S/C17H23N7O/c1-5-6-13-8-14(21-20-13)10-23(4)16(25)9-15-19-17-18-11(2)7-12(3)24(17)22-15/h7-8H,5-6,9-10H2,1-4H3,(H,20,21). The van der Waals surface area contributed by atoms with Gasteiger partial charge in [-0.25, -0.2) is 9.50 Å². The molecule has 0 spiro atoms. The largest absolute Gasteiger partial charge is 0.339 e. The average Bonchev–Trinajstić information content (AvgIpc) is 3.14. The fourth-order valence-corrected chi connectivity index (χ4v) is 2.77. The summed E-state index contributed by atoms with van der Waals surface area (Å²) < 4.78 is 1.67. The van der Waals surface area contributed by atoms with Crippen LogP contribution in [-0.4, -0.2) is 47.6 Å². The number of aromatic nitrogens is 6. The topological polar surface area (TPSA) is 92.1 Å². The molecular weight excluding hydrogens is 318 g/mol. The molecule has 132 valence electrons. The molecule has 0 aliphatic rings. The van der Waals surface area contributed by atoms with E-state index in [1.54, 1.807) is 16.5 Å². The molecular formula is C17H23N7O. The van der Waals surface area contributed by atoms with Crippen molar-refractivity contribution >= 4 is 11.7 Å². The van der Waals surface area contributed by atoms with Gasteiger partial charge in [0.1, 0.15) is 0 Å². The van der Waals surface area contributed by atoms with Gasteiger partial charge in [0.05, 0.1) is 24.4 Å². The number of amides is 1. The highest BCUT2D eigenvalue weighted by Crippen LogP contribution is 2.08. The average molecular weight is 341 g/mol. The summed E-state index contributed by atoms with van der Waals surface area (Å²) >= 11 is 0. The third-order valence-electron chi connectivity index (χ3n) is 3.99. The zero-order valence-electron chi connectivity index (χ0n) is 15.1. The normalized spacial score (nSPS) is 11.2. The van der Waals surface area contributed by atoms with E-state index in [9.17, 15) is 4.79 Å². The van der Waals surface area contributed by atoms with Crippen LogP contribution in [0.1, 0.15) is 41.9 Å². The molecule has 0 unspecified atom stereocenters. The summed E-state index contributed by atoms with van der Waals surface area (Å²) in [7, 11) is 1.77. The Morgan fingerprint density at radius 1 is 1.28 bits per heavy atom. The van der Waals surface area contributed by atoms with Gasteiger partial charge in [-0.3, -0.25) is 9.89 Å². The number of aryl methyl sites for hydroxylation is 3. The molecule has 1 amide bonds. The van der Waals surface area contributed by atoms with E-state index in [4.69, 9.17) is 0 Å².